The molecular formula is C14H27N3. The van der Waals surface area contributed by atoms with Crippen molar-refractivity contribution in [2.24, 2.45) is 17.6 Å². The zero-order valence-corrected chi connectivity index (χ0v) is 11.2. The molecule has 1 saturated heterocycles. The van der Waals surface area contributed by atoms with Crippen LogP contribution in [0.4, 0.5) is 0 Å². The highest BCUT2D eigenvalue weighted by molar-refractivity contribution is 4.97. The molecule has 0 spiro atoms. The average molecular weight is 237 g/mol. The van der Waals surface area contributed by atoms with Gasteiger partial charge in [0.05, 0.1) is 0 Å². The summed E-state index contributed by atoms with van der Waals surface area (Å²) in [6.45, 7) is 9.69. The van der Waals surface area contributed by atoms with Crippen LogP contribution in [0.25, 0.3) is 0 Å². The average Bonchev–Trinajstić information content (AvgIpc) is 3.15. The van der Waals surface area contributed by atoms with E-state index >= 15 is 0 Å². The Kier molecular flexibility index (Phi) is 3.18. The Labute approximate surface area is 105 Å². The topological polar surface area (TPSA) is 32.5 Å². The summed E-state index contributed by atoms with van der Waals surface area (Å²) in [7, 11) is 0. The van der Waals surface area contributed by atoms with Crippen LogP contribution in [0.15, 0.2) is 0 Å². The second-order valence-corrected chi connectivity index (χ2v) is 6.80. The van der Waals surface area contributed by atoms with E-state index in [0.717, 1.165) is 18.4 Å². The predicted molar refractivity (Wildman–Crippen MR) is 70.9 cm³/mol. The maximum absolute atomic E-state index is 6.42. The van der Waals surface area contributed by atoms with Crippen molar-refractivity contribution in [3.63, 3.8) is 0 Å². The van der Waals surface area contributed by atoms with Crippen LogP contribution in [0.3, 0.4) is 0 Å². The van der Waals surface area contributed by atoms with Crippen molar-refractivity contribution in [2.75, 3.05) is 39.3 Å². The van der Waals surface area contributed by atoms with Crippen LogP contribution in [-0.4, -0.2) is 54.6 Å². The largest absolute Gasteiger partial charge is 0.324 e. The highest BCUT2D eigenvalue weighted by atomic mass is 15.3. The third-order valence-corrected chi connectivity index (χ3v) is 4.75. The summed E-state index contributed by atoms with van der Waals surface area (Å²) in [6, 6.07) is 0. The van der Waals surface area contributed by atoms with E-state index in [4.69, 9.17) is 5.73 Å². The van der Waals surface area contributed by atoms with Crippen molar-refractivity contribution in [1.29, 1.82) is 0 Å². The molecule has 2 aliphatic carbocycles. The van der Waals surface area contributed by atoms with Gasteiger partial charge in [-0.05, 0) is 44.4 Å². The first-order valence-electron chi connectivity index (χ1n) is 7.37. The van der Waals surface area contributed by atoms with Crippen LogP contribution < -0.4 is 5.73 Å². The summed E-state index contributed by atoms with van der Waals surface area (Å²) in [4.78, 5) is 5.24. The number of hydrogen-bond acceptors (Lipinski definition) is 3. The van der Waals surface area contributed by atoms with Gasteiger partial charge in [0, 0.05) is 44.8 Å². The molecule has 0 bridgehead atoms. The normalized spacial score (nSPS) is 31.4. The van der Waals surface area contributed by atoms with Crippen molar-refractivity contribution >= 4 is 0 Å². The summed E-state index contributed by atoms with van der Waals surface area (Å²) in [5.74, 6) is 1.83. The molecule has 2 saturated carbocycles. The molecule has 3 nitrogen and oxygen atoms in total. The highest BCUT2D eigenvalue weighted by Gasteiger charge is 2.39. The van der Waals surface area contributed by atoms with E-state index in [1.807, 2.05) is 0 Å². The number of rotatable bonds is 5. The molecule has 1 heterocycles. The van der Waals surface area contributed by atoms with Crippen LogP contribution >= 0.6 is 0 Å². The van der Waals surface area contributed by atoms with E-state index in [9.17, 15) is 0 Å². The fourth-order valence-electron chi connectivity index (χ4n) is 3.15. The highest BCUT2D eigenvalue weighted by Crippen LogP contribution is 2.38. The fourth-order valence-corrected chi connectivity index (χ4v) is 3.15. The van der Waals surface area contributed by atoms with Crippen molar-refractivity contribution in [2.45, 2.75) is 38.1 Å². The van der Waals surface area contributed by atoms with Gasteiger partial charge >= 0.3 is 0 Å². The van der Waals surface area contributed by atoms with Gasteiger partial charge in [-0.15, -0.1) is 0 Å². The maximum Gasteiger partial charge on any atom is 0.0283 e. The van der Waals surface area contributed by atoms with Crippen LogP contribution in [0, 0.1) is 11.8 Å². The van der Waals surface area contributed by atoms with Crippen LogP contribution in [0.1, 0.15) is 32.6 Å². The lowest BCUT2D eigenvalue weighted by Gasteiger charge is -2.39. The van der Waals surface area contributed by atoms with Gasteiger partial charge in [0.25, 0.3) is 0 Å². The van der Waals surface area contributed by atoms with E-state index in [-0.39, 0.29) is 5.54 Å². The third-order valence-electron chi connectivity index (χ3n) is 4.75. The van der Waals surface area contributed by atoms with Gasteiger partial charge in [0.15, 0.2) is 0 Å². The molecule has 3 rings (SSSR count). The molecule has 2 N–H and O–H groups in total. The van der Waals surface area contributed by atoms with E-state index in [0.29, 0.717) is 0 Å². The molecule has 17 heavy (non-hydrogen) atoms. The van der Waals surface area contributed by atoms with Crippen molar-refractivity contribution in [1.82, 2.24) is 9.80 Å². The predicted octanol–water partition coefficient (Wildman–Crippen LogP) is 1.14. The molecule has 0 amide bonds. The van der Waals surface area contributed by atoms with Gasteiger partial charge in [0.1, 0.15) is 0 Å². The van der Waals surface area contributed by atoms with Crippen LogP contribution in [0.2, 0.25) is 0 Å². The number of hydrogen-bond donors (Lipinski definition) is 1. The molecule has 1 unspecified atom stereocenters. The molecular weight excluding hydrogens is 210 g/mol. The van der Waals surface area contributed by atoms with Gasteiger partial charge in [-0.2, -0.15) is 0 Å². The first-order valence-corrected chi connectivity index (χ1v) is 7.37. The molecule has 1 atom stereocenters. The Balaban J connectivity index is 1.41. The quantitative estimate of drug-likeness (QED) is 0.778. The van der Waals surface area contributed by atoms with Crippen molar-refractivity contribution < 1.29 is 0 Å². The van der Waals surface area contributed by atoms with Crippen molar-refractivity contribution in [3.05, 3.63) is 0 Å². The van der Waals surface area contributed by atoms with Gasteiger partial charge in [-0.3, -0.25) is 4.90 Å². The second-order valence-electron chi connectivity index (χ2n) is 6.80. The SMILES string of the molecule is CC(N)(CN1CCN(CC2CC2)CC1)C1CC1. The summed E-state index contributed by atoms with van der Waals surface area (Å²) < 4.78 is 0. The Bertz CT molecular complexity index is 261. The molecule has 1 aliphatic heterocycles. The first-order chi connectivity index (χ1) is 8.13. The first kappa shape index (κ1) is 11.9. The smallest absolute Gasteiger partial charge is 0.0283 e. The molecule has 3 aliphatic rings. The Morgan fingerprint density at radius 2 is 1.59 bits per heavy atom. The number of nitrogens with zero attached hydrogens (tertiary/aromatic N) is 2. The van der Waals surface area contributed by atoms with E-state index in [1.54, 1.807) is 0 Å². The minimum Gasteiger partial charge on any atom is -0.324 e. The monoisotopic (exact) mass is 237 g/mol. The van der Waals surface area contributed by atoms with Crippen LogP contribution in [0.5, 0.6) is 0 Å². The molecule has 0 aromatic carbocycles. The fraction of sp³-hybridized carbons (Fsp3) is 1.00. The number of piperazine rings is 1. The third kappa shape index (κ3) is 3.21. The van der Waals surface area contributed by atoms with Gasteiger partial charge in [-0.25, -0.2) is 0 Å². The molecule has 98 valence electrons. The molecule has 0 radical (unpaired) electrons. The van der Waals surface area contributed by atoms with Crippen LogP contribution in [-0.2, 0) is 0 Å². The lowest BCUT2D eigenvalue weighted by molar-refractivity contribution is 0.106. The second kappa shape index (κ2) is 4.52. The van der Waals surface area contributed by atoms with Gasteiger partial charge < -0.3 is 10.6 Å². The molecule has 3 heteroatoms. The zero-order valence-electron chi connectivity index (χ0n) is 11.2. The van der Waals surface area contributed by atoms with Gasteiger partial charge in [-0.1, -0.05) is 0 Å². The van der Waals surface area contributed by atoms with Gasteiger partial charge in [0.2, 0.25) is 0 Å². The summed E-state index contributed by atoms with van der Waals surface area (Å²) >= 11 is 0. The molecule has 0 aromatic rings. The minimum absolute atomic E-state index is 0.0681. The summed E-state index contributed by atoms with van der Waals surface area (Å²) in [5.41, 5.74) is 6.49. The van der Waals surface area contributed by atoms with Crippen molar-refractivity contribution in [3.8, 4) is 0 Å². The van der Waals surface area contributed by atoms with E-state index < -0.39 is 0 Å². The van der Waals surface area contributed by atoms with E-state index in [2.05, 4.69) is 16.7 Å². The summed E-state index contributed by atoms with van der Waals surface area (Å²) in [6.07, 6.45) is 5.66. The summed E-state index contributed by atoms with van der Waals surface area (Å²) in [5, 5.41) is 0. The molecule has 0 aromatic heterocycles. The zero-order chi connectivity index (χ0) is 11.9. The number of nitrogens with two attached hydrogens (primary N) is 1. The minimum atomic E-state index is 0.0681. The standard InChI is InChI=1S/C14H27N3/c1-14(15,13-4-5-13)11-17-8-6-16(7-9-17)10-12-2-3-12/h12-13H,2-11,15H2,1H3. The Hall–Kier alpha value is -0.120. The Morgan fingerprint density at radius 1 is 1.00 bits per heavy atom. The Morgan fingerprint density at radius 3 is 2.12 bits per heavy atom. The van der Waals surface area contributed by atoms with E-state index in [1.165, 1.54) is 58.4 Å². The lowest BCUT2D eigenvalue weighted by Crippen LogP contribution is -2.55. The molecule has 3 fully saturated rings. The lowest BCUT2D eigenvalue weighted by atomic mass is 9.96. The maximum atomic E-state index is 6.42.